The average molecular weight is 315 g/mol. The molecule has 1 aromatic rings. The summed E-state index contributed by atoms with van der Waals surface area (Å²) < 4.78 is 40.7. The minimum absolute atomic E-state index is 0.0746. The van der Waals surface area contributed by atoms with Gasteiger partial charge in [-0.1, -0.05) is 18.9 Å². The van der Waals surface area contributed by atoms with E-state index in [-0.39, 0.29) is 29.9 Å². The zero-order chi connectivity index (χ0) is 15.5. The molecule has 4 nitrogen and oxygen atoms in total. The maximum atomic E-state index is 13.7. The largest absolute Gasteiger partial charge is 0.396 e. The van der Waals surface area contributed by atoms with Crippen LogP contribution in [-0.2, 0) is 10.0 Å². The number of sulfonamides is 1. The molecule has 2 N–H and O–H groups in total. The Bertz CT molecular complexity index is 589. The molecule has 0 spiro atoms. The van der Waals surface area contributed by atoms with Crippen molar-refractivity contribution in [3.05, 3.63) is 29.6 Å². The number of halogens is 1. The maximum Gasteiger partial charge on any atom is 0.243 e. The highest BCUT2D eigenvalue weighted by Gasteiger charge is 2.27. The first-order chi connectivity index (χ1) is 9.94. The van der Waals surface area contributed by atoms with Crippen LogP contribution in [-0.4, -0.2) is 26.7 Å². The van der Waals surface area contributed by atoms with Crippen molar-refractivity contribution in [3.63, 3.8) is 0 Å². The van der Waals surface area contributed by atoms with Crippen LogP contribution in [0.1, 0.15) is 31.2 Å². The Labute approximate surface area is 125 Å². The van der Waals surface area contributed by atoms with Gasteiger partial charge in [0.05, 0.1) is 0 Å². The summed E-state index contributed by atoms with van der Waals surface area (Å²) in [5.74, 6) is -0.495. The molecular weight excluding hydrogens is 293 g/mol. The van der Waals surface area contributed by atoms with Crippen molar-refractivity contribution >= 4 is 10.0 Å². The number of nitrogens with one attached hydrogen (secondary N) is 1. The number of hydrogen-bond acceptors (Lipinski definition) is 3. The predicted molar refractivity (Wildman–Crippen MR) is 78.9 cm³/mol. The van der Waals surface area contributed by atoms with E-state index in [9.17, 15) is 17.9 Å². The van der Waals surface area contributed by atoms with Gasteiger partial charge in [-0.2, -0.15) is 0 Å². The molecule has 2 rings (SSSR count). The van der Waals surface area contributed by atoms with E-state index in [4.69, 9.17) is 0 Å². The van der Waals surface area contributed by atoms with Gasteiger partial charge in [0.15, 0.2) is 0 Å². The Balaban J connectivity index is 2.09. The molecule has 0 heterocycles. The molecule has 2 unspecified atom stereocenters. The maximum absolute atomic E-state index is 13.7. The minimum atomic E-state index is -3.85. The smallest absolute Gasteiger partial charge is 0.243 e. The molecule has 6 heteroatoms. The summed E-state index contributed by atoms with van der Waals surface area (Å²) in [5, 5.41) is 9.35. The summed E-state index contributed by atoms with van der Waals surface area (Å²) >= 11 is 0. The molecule has 1 fully saturated rings. The third-order valence-electron chi connectivity index (χ3n) is 4.21. The van der Waals surface area contributed by atoms with Crippen molar-refractivity contribution in [2.45, 2.75) is 37.5 Å². The SMILES string of the molecule is Cc1ccc(F)c(S(=O)(=O)NCC2CCCCC2CO)c1. The molecule has 2 atom stereocenters. The fraction of sp³-hybridized carbons (Fsp3) is 0.600. The average Bonchev–Trinajstić information content (AvgIpc) is 2.48. The van der Waals surface area contributed by atoms with Crippen molar-refractivity contribution in [2.75, 3.05) is 13.2 Å². The molecular formula is C15H22FNO3S. The Morgan fingerprint density at radius 2 is 1.95 bits per heavy atom. The van der Waals surface area contributed by atoms with Crippen molar-refractivity contribution in [1.29, 1.82) is 0 Å². The number of rotatable bonds is 5. The number of aliphatic hydroxyl groups is 1. The number of hydrogen-bond donors (Lipinski definition) is 2. The first kappa shape index (κ1) is 16.4. The van der Waals surface area contributed by atoms with Crippen molar-refractivity contribution in [2.24, 2.45) is 11.8 Å². The van der Waals surface area contributed by atoms with Crippen LogP contribution in [0.15, 0.2) is 23.1 Å². The molecule has 0 aliphatic heterocycles. The first-order valence-electron chi connectivity index (χ1n) is 7.30. The summed E-state index contributed by atoms with van der Waals surface area (Å²) in [7, 11) is -3.85. The van der Waals surface area contributed by atoms with Gasteiger partial charge in [0.2, 0.25) is 10.0 Å². The van der Waals surface area contributed by atoms with E-state index in [0.29, 0.717) is 5.56 Å². The van der Waals surface area contributed by atoms with Crippen LogP contribution in [0.25, 0.3) is 0 Å². The predicted octanol–water partition coefficient (Wildman–Crippen LogP) is 2.21. The van der Waals surface area contributed by atoms with Gasteiger partial charge in [0.25, 0.3) is 0 Å². The summed E-state index contributed by atoms with van der Waals surface area (Å²) in [6.45, 7) is 2.05. The third kappa shape index (κ3) is 4.02. The van der Waals surface area contributed by atoms with Crippen LogP contribution < -0.4 is 4.72 Å². The Kier molecular flexibility index (Phi) is 5.35. The molecule has 0 aromatic heterocycles. The lowest BCUT2D eigenvalue weighted by atomic mass is 9.80. The van der Waals surface area contributed by atoms with Crippen LogP contribution in [0, 0.1) is 24.6 Å². The normalized spacial score (nSPS) is 23.2. The highest BCUT2D eigenvalue weighted by molar-refractivity contribution is 7.89. The highest BCUT2D eigenvalue weighted by Crippen LogP contribution is 2.29. The Morgan fingerprint density at radius 1 is 1.29 bits per heavy atom. The molecule has 118 valence electrons. The molecule has 1 saturated carbocycles. The summed E-state index contributed by atoms with van der Waals surface area (Å²) in [4.78, 5) is -0.307. The Hall–Kier alpha value is -0.980. The van der Waals surface area contributed by atoms with Gasteiger partial charge >= 0.3 is 0 Å². The van der Waals surface area contributed by atoms with Gasteiger partial charge < -0.3 is 5.11 Å². The van der Waals surface area contributed by atoms with Gasteiger partial charge in [-0.05, 0) is 49.3 Å². The second kappa shape index (κ2) is 6.85. The van der Waals surface area contributed by atoms with Gasteiger partial charge in [0.1, 0.15) is 10.7 Å². The molecule has 21 heavy (non-hydrogen) atoms. The zero-order valence-corrected chi connectivity index (χ0v) is 13.0. The van der Waals surface area contributed by atoms with Gasteiger partial charge in [-0.3, -0.25) is 0 Å². The Morgan fingerprint density at radius 3 is 2.62 bits per heavy atom. The van der Waals surface area contributed by atoms with Crippen molar-refractivity contribution in [3.8, 4) is 0 Å². The number of aryl methyl sites for hydroxylation is 1. The monoisotopic (exact) mass is 315 g/mol. The molecule has 0 radical (unpaired) electrons. The van der Waals surface area contributed by atoms with Crippen LogP contribution >= 0.6 is 0 Å². The second-order valence-electron chi connectivity index (χ2n) is 5.77. The van der Waals surface area contributed by atoms with E-state index < -0.39 is 15.8 Å². The summed E-state index contributed by atoms with van der Waals surface area (Å²) in [6, 6.07) is 4.04. The first-order valence-corrected chi connectivity index (χ1v) is 8.79. The lowest BCUT2D eigenvalue weighted by molar-refractivity contribution is 0.136. The van der Waals surface area contributed by atoms with E-state index in [2.05, 4.69) is 4.72 Å². The van der Waals surface area contributed by atoms with E-state index in [1.807, 2.05) is 0 Å². The van der Waals surface area contributed by atoms with Crippen LogP contribution in [0.4, 0.5) is 4.39 Å². The summed E-state index contributed by atoms with van der Waals surface area (Å²) in [6.07, 6.45) is 3.93. The number of aliphatic hydroxyl groups excluding tert-OH is 1. The van der Waals surface area contributed by atoms with E-state index in [1.165, 1.54) is 18.2 Å². The van der Waals surface area contributed by atoms with Crippen LogP contribution in [0.3, 0.4) is 0 Å². The van der Waals surface area contributed by atoms with Crippen LogP contribution in [0.2, 0.25) is 0 Å². The number of benzene rings is 1. The van der Waals surface area contributed by atoms with E-state index in [0.717, 1.165) is 25.7 Å². The zero-order valence-electron chi connectivity index (χ0n) is 12.2. The lowest BCUT2D eigenvalue weighted by Gasteiger charge is -2.30. The van der Waals surface area contributed by atoms with Gasteiger partial charge in [0, 0.05) is 13.2 Å². The minimum Gasteiger partial charge on any atom is -0.396 e. The summed E-state index contributed by atoms with van der Waals surface area (Å²) in [5.41, 5.74) is 0.697. The quantitative estimate of drug-likeness (QED) is 0.875. The van der Waals surface area contributed by atoms with Crippen LogP contribution in [0.5, 0.6) is 0 Å². The molecule has 0 bridgehead atoms. The fourth-order valence-corrected chi connectivity index (χ4v) is 4.16. The van der Waals surface area contributed by atoms with Crippen molar-refractivity contribution in [1.82, 2.24) is 4.72 Å². The highest BCUT2D eigenvalue weighted by atomic mass is 32.2. The lowest BCUT2D eigenvalue weighted by Crippen LogP contribution is -2.35. The van der Waals surface area contributed by atoms with Crippen molar-refractivity contribution < 1.29 is 17.9 Å². The van der Waals surface area contributed by atoms with E-state index in [1.54, 1.807) is 6.92 Å². The van der Waals surface area contributed by atoms with Gasteiger partial charge in [-0.15, -0.1) is 0 Å². The molecule has 1 aliphatic carbocycles. The van der Waals surface area contributed by atoms with E-state index >= 15 is 0 Å². The molecule has 0 saturated heterocycles. The molecule has 1 aliphatic rings. The second-order valence-corrected chi connectivity index (χ2v) is 7.51. The fourth-order valence-electron chi connectivity index (χ4n) is 2.90. The standard InChI is InChI=1S/C15H22FNO3S/c1-11-6-7-14(16)15(8-11)21(19,20)17-9-12-4-2-3-5-13(12)10-18/h6-8,12-13,17-18H,2-5,9-10H2,1H3. The van der Waals surface area contributed by atoms with Gasteiger partial charge in [-0.25, -0.2) is 17.5 Å². The third-order valence-corrected chi connectivity index (χ3v) is 5.65. The topological polar surface area (TPSA) is 66.4 Å². The molecule has 0 amide bonds. The molecule has 1 aromatic carbocycles.